The Morgan fingerprint density at radius 2 is 1.64 bits per heavy atom. The smallest absolute Gasteiger partial charge is 0.254 e. The van der Waals surface area contributed by atoms with Gasteiger partial charge in [0, 0.05) is 38.1 Å². The molecule has 1 aliphatic heterocycles. The van der Waals surface area contributed by atoms with Crippen LogP contribution >= 0.6 is 0 Å². The summed E-state index contributed by atoms with van der Waals surface area (Å²) in [6, 6.07) is 15.9. The summed E-state index contributed by atoms with van der Waals surface area (Å²) in [7, 11) is 0. The van der Waals surface area contributed by atoms with E-state index in [1.807, 2.05) is 18.2 Å². The zero-order valence-electron chi connectivity index (χ0n) is 15.7. The van der Waals surface area contributed by atoms with Crippen LogP contribution < -0.4 is 10.6 Å². The molecule has 1 aliphatic rings. The number of ether oxygens (including phenoxy) is 1. The first-order valence-electron chi connectivity index (χ1n) is 9.53. The second-order valence-corrected chi connectivity index (χ2v) is 7.02. The summed E-state index contributed by atoms with van der Waals surface area (Å²) < 4.78 is 19.1. The zero-order chi connectivity index (χ0) is 19.8. The molecule has 1 saturated heterocycles. The van der Waals surface area contributed by atoms with Crippen molar-refractivity contribution in [2.24, 2.45) is 0 Å². The normalized spacial score (nSPS) is 15.6. The predicted molar refractivity (Wildman–Crippen MR) is 105 cm³/mol. The highest BCUT2D eigenvalue weighted by Gasteiger charge is 2.34. The van der Waals surface area contributed by atoms with Gasteiger partial charge in [-0.2, -0.15) is 0 Å². The lowest BCUT2D eigenvalue weighted by Crippen LogP contribution is -2.45. The summed E-state index contributed by atoms with van der Waals surface area (Å²) in [5, 5.41) is 5.59. The number of hydrogen-bond donors (Lipinski definition) is 2. The molecule has 0 saturated carbocycles. The molecule has 1 fully saturated rings. The minimum atomic E-state index is -0.575. The quantitative estimate of drug-likeness (QED) is 0.771. The maximum absolute atomic E-state index is 13.6. The van der Waals surface area contributed by atoms with Gasteiger partial charge >= 0.3 is 0 Å². The Balaban J connectivity index is 1.50. The molecule has 2 aromatic rings. The summed E-state index contributed by atoms with van der Waals surface area (Å²) in [6.45, 7) is 2.02. The van der Waals surface area contributed by atoms with Crippen molar-refractivity contribution in [2.75, 3.05) is 26.3 Å². The van der Waals surface area contributed by atoms with Crippen LogP contribution in [-0.4, -0.2) is 38.1 Å². The Morgan fingerprint density at radius 1 is 0.964 bits per heavy atom. The first-order chi connectivity index (χ1) is 13.6. The Bertz CT molecular complexity index is 804. The number of rotatable bonds is 7. The van der Waals surface area contributed by atoms with Gasteiger partial charge in [-0.3, -0.25) is 9.59 Å². The highest BCUT2D eigenvalue weighted by atomic mass is 19.1. The average molecular weight is 384 g/mol. The van der Waals surface area contributed by atoms with Gasteiger partial charge in [-0.05, 0) is 30.5 Å². The van der Waals surface area contributed by atoms with Crippen molar-refractivity contribution in [3.8, 4) is 0 Å². The van der Waals surface area contributed by atoms with Crippen LogP contribution in [0.25, 0.3) is 0 Å². The van der Waals surface area contributed by atoms with Crippen LogP contribution in [0.1, 0.15) is 35.2 Å². The number of carbonyl (C=O) groups excluding carboxylic acids is 2. The molecule has 0 aliphatic carbocycles. The lowest BCUT2D eigenvalue weighted by atomic mass is 9.74. The summed E-state index contributed by atoms with van der Waals surface area (Å²) in [6.07, 6.45) is 1.84. The number of carbonyl (C=O) groups is 2. The van der Waals surface area contributed by atoms with E-state index in [9.17, 15) is 14.0 Å². The third-order valence-electron chi connectivity index (χ3n) is 5.22. The molecular weight excluding hydrogens is 359 g/mol. The van der Waals surface area contributed by atoms with Crippen LogP contribution in [0.2, 0.25) is 0 Å². The van der Waals surface area contributed by atoms with Crippen molar-refractivity contribution < 1.29 is 18.7 Å². The highest BCUT2D eigenvalue weighted by Crippen LogP contribution is 2.34. The summed E-state index contributed by atoms with van der Waals surface area (Å²) >= 11 is 0. The van der Waals surface area contributed by atoms with Gasteiger partial charge in [-0.15, -0.1) is 0 Å². The lowest BCUT2D eigenvalue weighted by Gasteiger charge is -2.38. The number of nitrogens with one attached hydrogen (secondary N) is 2. The predicted octanol–water partition coefficient (Wildman–Crippen LogP) is 2.81. The van der Waals surface area contributed by atoms with Crippen LogP contribution in [0.3, 0.4) is 0 Å². The molecule has 6 heteroatoms. The fourth-order valence-corrected chi connectivity index (χ4v) is 3.51. The molecular formula is C22H25FN2O3. The van der Waals surface area contributed by atoms with Crippen molar-refractivity contribution in [1.82, 2.24) is 10.6 Å². The Kier molecular flexibility index (Phi) is 6.76. The first kappa shape index (κ1) is 20.0. The number of benzene rings is 2. The molecule has 28 heavy (non-hydrogen) atoms. The van der Waals surface area contributed by atoms with Crippen molar-refractivity contribution in [1.29, 1.82) is 0 Å². The molecule has 0 bridgehead atoms. The number of amides is 2. The largest absolute Gasteiger partial charge is 0.381 e. The maximum atomic E-state index is 13.6. The van der Waals surface area contributed by atoms with Gasteiger partial charge in [0.2, 0.25) is 5.91 Å². The van der Waals surface area contributed by atoms with Gasteiger partial charge in [0.15, 0.2) is 0 Å². The van der Waals surface area contributed by atoms with E-state index < -0.39 is 11.7 Å². The van der Waals surface area contributed by atoms with Gasteiger partial charge in [0.25, 0.3) is 5.91 Å². The van der Waals surface area contributed by atoms with Crippen LogP contribution in [0.15, 0.2) is 54.6 Å². The number of hydrogen-bond acceptors (Lipinski definition) is 3. The Morgan fingerprint density at radius 3 is 2.36 bits per heavy atom. The fraction of sp³-hybridized carbons (Fsp3) is 0.364. The minimum Gasteiger partial charge on any atom is -0.381 e. The highest BCUT2D eigenvalue weighted by molar-refractivity contribution is 5.94. The van der Waals surface area contributed by atoms with E-state index in [1.165, 1.54) is 23.8 Å². The summed E-state index contributed by atoms with van der Waals surface area (Å²) in [5.41, 5.74) is 1.05. The molecule has 0 atom stereocenters. The molecule has 2 aromatic carbocycles. The molecule has 0 spiro atoms. The van der Waals surface area contributed by atoms with Gasteiger partial charge < -0.3 is 15.4 Å². The van der Waals surface area contributed by atoms with E-state index in [-0.39, 0.29) is 29.9 Å². The standard InChI is InChI=1S/C22H25FN2O3/c23-19-9-5-4-8-18(19)21(27)24-13-10-20(26)25-16-22(11-14-28-15-12-22)17-6-2-1-3-7-17/h1-9H,10-16H2,(H,24,27)(H,25,26). The second kappa shape index (κ2) is 9.46. The number of halogens is 1. The summed E-state index contributed by atoms with van der Waals surface area (Å²) in [5.74, 6) is -1.24. The van der Waals surface area contributed by atoms with E-state index >= 15 is 0 Å². The molecule has 0 aromatic heterocycles. The molecule has 3 rings (SSSR count). The second-order valence-electron chi connectivity index (χ2n) is 7.02. The Hall–Kier alpha value is -2.73. The topological polar surface area (TPSA) is 67.4 Å². The van der Waals surface area contributed by atoms with Crippen LogP contribution in [-0.2, 0) is 14.9 Å². The first-order valence-corrected chi connectivity index (χ1v) is 9.53. The van der Waals surface area contributed by atoms with Gasteiger partial charge in [0.1, 0.15) is 5.82 Å². The molecule has 2 amide bonds. The average Bonchev–Trinajstić information content (AvgIpc) is 2.74. The molecule has 148 valence electrons. The van der Waals surface area contributed by atoms with E-state index in [0.29, 0.717) is 19.8 Å². The summed E-state index contributed by atoms with van der Waals surface area (Å²) in [4.78, 5) is 24.3. The van der Waals surface area contributed by atoms with Crippen molar-refractivity contribution in [2.45, 2.75) is 24.7 Å². The van der Waals surface area contributed by atoms with Crippen molar-refractivity contribution in [3.05, 3.63) is 71.5 Å². The molecule has 1 heterocycles. The van der Waals surface area contributed by atoms with Crippen LogP contribution in [0.4, 0.5) is 4.39 Å². The van der Waals surface area contributed by atoms with E-state index in [1.54, 1.807) is 6.07 Å². The van der Waals surface area contributed by atoms with E-state index in [0.717, 1.165) is 12.8 Å². The van der Waals surface area contributed by atoms with Gasteiger partial charge in [-0.1, -0.05) is 42.5 Å². The SMILES string of the molecule is O=C(CCNC(=O)c1ccccc1F)NCC1(c2ccccc2)CCOCC1. The molecule has 2 N–H and O–H groups in total. The lowest BCUT2D eigenvalue weighted by molar-refractivity contribution is -0.121. The van der Waals surface area contributed by atoms with Crippen LogP contribution in [0.5, 0.6) is 0 Å². The third-order valence-corrected chi connectivity index (χ3v) is 5.22. The van der Waals surface area contributed by atoms with Crippen molar-refractivity contribution in [3.63, 3.8) is 0 Å². The molecule has 0 unspecified atom stereocenters. The molecule has 0 radical (unpaired) electrons. The minimum absolute atomic E-state index is 0.0202. The van der Waals surface area contributed by atoms with Gasteiger partial charge in [-0.25, -0.2) is 4.39 Å². The zero-order valence-corrected chi connectivity index (χ0v) is 15.7. The van der Waals surface area contributed by atoms with Crippen molar-refractivity contribution >= 4 is 11.8 Å². The monoisotopic (exact) mass is 384 g/mol. The third kappa shape index (κ3) is 4.95. The molecule has 5 nitrogen and oxygen atoms in total. The van der Waals surface area contributed by atoms with Crippen LogP contribution in [0, 0.1) is 5.82 Å². The Labute approximate surface area is 164 Å². The van der Waals surface area contributed by atoms with E-state index in [2.05, 4.69) is 22.8 Å². The van der Waals surface area contributed by atoms with Gasteiger partial charge in [0.05, 0.1) is 5.56 Å². The maximum Gasteiger partial charge on any atom is 0.254 e. The van der Waals surface area contributed by atoms with E-state index in [4.69, 9.17) is 4.74 Å². The fourth-order valence-electron chi connectivity index (χ4n) is 3.51.